The first-order valence-corrected chi connectivity index (χ1v) is 16.2. The lowest BCUT2D eigenvalue weighted by Gasteiger charge is -2.33. The zero-order valence-corrected chi connectivity index (χ0v) is 26.6. The van der Waals surface area contributed by atoms with Crippen molar-refractivity contribution >= 4 is 44.9 Å². The summed E-state index contributed by atoms with van der Waals surface area (Å²) in [7, 11) is -2.41. The number of rotatable bonds is 8. The van der Waals surface area contributed by atoms with Gasteiger partial charge in [0.25, 0.3) is 0 Å². The maximum atomic E-state index is 13.5. The second kappa shape index (κ2) is 13.5. The second-order valence-corrected chi connectivity index (χ2v) is 13.6. The standard InChI is InChI=1S/C31H35ClN4O8S/c1-19-15-36(20(2)17-37)30(38)13-21-12-23(33-31(39)34-24-7-11-27-28(14-24)43-18-42-27)6-10-26(21)44-29(19)16-35(3)45(40,41)25-8-4-22(32)5-9-25/h4-12,14,19-20,29,37H,13,15-18H2,1-3H3,(H2,33,34,39)/t19-,20-,29+/m0/s1. The average Bonchev–Trinajstić information content (AvgIpc) is 3.49. The van der Waals surface area contributed by atoms with E-state index in [1.165, 1.54) is 35.6 Å². The maximum absolute atomic E-state index is 13.5. The predicted octanol–water partition coefficient (Wildman–Crippen LogP) is 4.18. The highest BCUT2D eigenvalue weighted by molar-refractivity contribution is 7.89. The molecule has 240 valence electrons. The number of nitrogens with zero attached hydrogens (tertiary/aromatic N) is 2. The third-order valence-electron chi connectivity index (χ3n) is 7.76. The van der Waals surface area contributed by atoms with Gasteiger partial charge < -0.3 is 34.9 Å². The normalized spacial score (nSPS) is 18.7. The number of carbonyl (C=O) groups excluding carboxylic acids is 2. The van der Waals surface area contributed by atoms with Crippen LogP contribution in [-0.2, 0) is 21.2 Å². The highest BCUT2D eigenvalue weighted by Crippen LogP contribution is 2.34. The summed E-state index contributed by atoms with van der Waals surface area (Å²) in [6.45, 7) is 3.71. The van der Waals surface area contributed by atoms with E-state index in [-0.39, 0.29) is 49.6 Å². The Morgan fingerprint density at radius 2 is 1.69 bits per heavy atom. The Balaban J connectivity index is 1.38. The summed E-state index contributed by atoms with van der Waals surface area (Å²) < 4.78 is 45.1. The minimum atomic E-state index is -3.88. The lowest BCUT2D eigenvalue weighted by atomic mass is 10.0. The minimum absolute atomic E-state index is 0.0148. The van der Waals surface area contributed by atoms with Crippen molar-refractivity contribution < 1.29 is 37.3 Å². The van der Waals surface area contributed by atoms with Gasteiger partial charge in [-0.3, -0.25) is 4.79 Å². The summed E-state index contributed by atoms with van der Waals surface area (Å²) >= 11 is 5.96. The molecule has 2 heterocycles. The molecule has 3 aromatic rings. The highest BCUT2D eigenvalue weighted by Gasteiger charge is 2.33. The van der Waals surface area contributed by atoms with Crippen LogP contribution in [0.5, 0.6) is 17.2 Å². The van der Waals surface area contributed by atoms with Gasteiger partial charge in [-0.1, -0.05) is 18.5 Å². The number of fused-ring (bicyclic) bond motifs is 2. The Bertz CT molecular complexity index is 1670. The summed E-state index contributed by atoms with van der Waals surface area (Å²) in [5, 5.41) is 15.8. The van der Waals surface area contributed by atoms with Crippen LogP contribution >= 0.6 is 11.6 Å². The van der Waals surface area contributed by atoms with Gasteiger partial charge in [0.1, 0.15) is 11.9 Å². The molecule has 12 nitrogen and oxygen atoms in total. The monoisotopic (exact) mass is 658 g/mol. The van der Waals surface area contributed by atoms with Gasteiger partial charge in [-0.05, 0) is 61.5 Å². The van der Waals surface area contributed by atoms with Gasteiger partial charge in [-0.25, -0.2) is 13.2 Å². The van der Waals surface area contributed by atoms with Gasteiger partial charge in [0, 0.05) is 47.5 Å². The van der Waals surface area contributed by atoms with E-state index in [4.69, 9.17) is 25.8 Å². The molecule has 0 radical (unpaired) electrons. The molecule has 2 aliphatic rings. The summed E-state index contributed by atoms with van der Waals surface area (Å²) in [5.41, 5.74) is 1.41. The van der Waals surface area contributed by atoms with Gasteiger partial charge in [0.15, 0.2) is 11.5 Å². The first-order chi connectivity index (χ1) is 21.4. The average molecular weight is 659 g/mol. The number of aliphatic hydroxyl groups is 1. The van der Waals surface area contributed by atoms with Crippen molar-refractivity contribution in [2.45, 2.75) is 37.3 Å². The molecule has 0 unspecified atom stereocenters. The number of sulfonamides is 1. The van der Waals surface area contributed by atoms with Crippen molar-refractivity contribution in [3.8, 4) is 17.2 Å². The molecule has 45 heavy (non-hydrogen) atoms. The lowest BCUT2D eigenvalue weighted by Crippen LogP contribution is -2.48. The van der Waals surface area contributed by atoms with Crippen molar-refractivity contribution in [3.05, 3.63) is 71.2 Å². The molecule has 2 aliphatic heterocycles. The molecule has 14 heteroatoms. The number of nitrogens with one attached hydrogen (secondary N) is 2. The van der Waals surface area contributed by atoms with Crippen LogP contribution in [0.25, 0.3) is 0 Å². The van der Waals surface area contributed by atoms with Crippen LogP contribution < -0.4 is 24.8 Å². The summed E-state index contributed by atoms with van der Waals surface area (Å²) in [5.74, 6) is 0.949. The molecule has 0 aliphatic carbocycles. The molecule has 0 saturated heterocycles. The van der Waals surface area contributed by atoms with Crippen molar-refractivity contribution in [2.75, 3.05) is 44.2 Å². The number of amides is 3. The van der Waals surface area contributed by atoms with Crippen LogP contribution in [0.15, 0.2) is 65.6 Å². The number of likely N-dealkylation sites (N-methyl/N-ethyl adjacent to an activating group) is 1. The van der Waals surface area contributed by atoms with E-state index in [0.29, 0.717) is 39.2 Å². The quantitative estimate of drug-likeness (QED) is 0.327. The molecule has 3 aromatic carbocycles. The van der Waals surface area contributed by atoms with Crippen molar-refractivity contribution in [3.63, 3.8) is 0 Å². The van der Waals surface area contributed by atoms with Crippen LogP contribution in [0, 0.1) is 5.92 Å². The smallest absolute Gasteiger partial charge is 0.323 e. The number of halogens is 1. The molecule has 0 fully saturated rings. The fourth-order valence-corrected chi connectivity index (χ4v) is 6.44. The lowest BCUT2D eigenvalue weighted by molar-refractivity contribution is -0.134. The Morgan fingerprint density at radius 3 is 2.38 bits per heavy atom. The summed E-state index contributed by atoms with van der Waals surface area (Å²) in [6.07, 6.45) is -0.722. The van der Waals surface area contributed by atoms with E-state index in [0.717, 1.165) is 0 Å². The summed E-state index contributed by atoms with van der Waals surface area (Å²) in [6, 6.07) is 14.9. The number of hydrogen-bond acceptors (Lipinski definition) is 8. The van der Waals surface area contributed by atoms with Crippen LogP contribution in [-0.4, -0.2) is 80.4 Å². The molecular weight excluding hydrogens is 624 g/mol. The Hall–Kier alpha value is -4.04. The number of anilines is 2. The zero-order chi connectivity index (χ0) is 32.3. The van der Waals surface area contributed by atoms with Crippen molar-refractivity contribution in [1.82, 2.24) is 9.21 Å². The maximum Gasteiger partial charge on any atom is 0.323 e. The van der Waals surface area contributed by atoms with Crippen LogP contribution in [0.4, 0.5) is 16.2 Å². The van der Waals surface area contributed by atoms with Gasteiger partial charge in [-0.15, -0.1) is 0 Å². The van der Waals surface area contributed by atoms with Crippen molar-refractivity contribution in [1.29, 1.82) is 0 Å². The van der Waals surface area contributed by atoms with Crippen LogP contribution in [0.1, 0.15) is 19.4 Å². The fourth-order valence-electron chi connectivity index (χ4n) is 5.13. The topological polar surface area (TPSA) is 147 Å². The molecule has 5 rings (SSSR count). The van der Waals surface area contributed by atoms with Crippen LogP contribution in [0.2, 0.25) is 5.02 Å². The molecule has 3 N–H and O–H groups in total. The van der Waals surface area contributed by atoms with E-state index < -0.39 is 28.2 Å². The number of aliphatic hydroxyl groups excluding tert-OH is 1. The second-order valence-electron chi connectivity index (χ2n) is 11.1. The van der Waals surface area contributed by atoms with Crippen LogP contribution in [0.3, 0.4) is 0 Å². The number of hydrogen-bond donors (Lipinski definition) is 3. The van der Waals surface area contributed by atoms with E-state index in [2.05, 4.69) is 10.6 Å². The first-order valence-electron chi connectivity index (χ1n) is 14.3. The van der Waals surface area contributed by atoms with E-state index in [1.807, 2.05) is 6.92 Å². The summed E-state index contributed by atoms with van der Waals surface area (Å²) in [4.78, 5) is 28.0. The molecular formula is C31H35ClN4O8S. The Labute approximate surface area is 266 Å². The van der Waals surface area contributed by atoms with Gasteiger partial charge in [0.05, 0.1) is 30.5 Å². The predicted molar refractivity (Wildman–Crippen MR) is 168 cm³/mol. The number of carbonyl (C=O) groups is 2. The molecule has 3 amide bonds. The van der Waals surface area contributed by atoms with E-state index in [9.17, 15) is 23.1 Å². The molecule has 0 bridgehead atoms. The molecule has 3 atom stereocenters. The molecule has 0 spiro atoms. The SMILES string of the molecule is C[C@H]1CN([C@@H](C)CO)C(=O)Cc2cc(NC(=O)Nc3ccc4c(c3)OCO4)ccc2O[C@@H]1CN(C)S(=O)(=O)c1ccc(Cl)cc1. The van der Waals surface area contributed by atoms with Gasteiger partial charge in [0.2, 0.25) is 22.7 Å². The third kappa shape index (κ3) is 7.44. The Morgan fingerprint density at radius 1 is 1.04 bits per heavy atom. The first kappa shape index (κ1) is 32.4. The largest absolute Gasteiger partial charge is 0.488 e. The zero-order valence-electron chi connectivity index (χ0n) is 25.0. The number of urea groups is 1. The highest BCUT2D eigenvalue weighted by atomic mass is 35.5. The molecule has 0 aromatic heterocycles. The van der Waals surface area contributed by atoms with Gasteiger partial charge >= 0.3 is 6.03 Å². The van der Waals surface area contributed by atoms with E-state index in [1.54, 1.807) is 48.2 Å². The fraction of sp³-hybridized carbons (Fsp3) is 0.355. The Kier molecular flexibility index (Phi) is 9.73. The minimum Gasteiger partial charge on any atom is -0.488 e. The molecule has 0 saturated carbocycles. The third-order valence-corrected chi connectivity index (χ3v) is 9.85. The van der Waals surface area contributed by atoms with Gasteiger partial charge in [-0.2, -0.15) is 4.31 Å². The number of ether oxygens (including phenoxy) is 3. The number of benzene rings is 3. The van der Waals surface area contributed by atoms with E-state index >= 15 is 0 Å². The van der Waals surface area contributed by atoms with Crippen molar-refractivity contribution in [2.24, 2.45) is 5.92 Å².